The Morgan fingerprint density at radius 2 is 1.76 bits per heavy atom. The third-order valence-corrected chi connectivity index (χ3v) is 9.32. The lowest BCUT2D eigenvalue weighted by molar-refractivity contribution is -0.122. The van der Waals surface area contributed by atoms with Crippen molar-refractivity contribution in [3.63, 3.8) is 0 Å². The molecule has 0 radical (unpaired) electrons. The summed E-state index contributed by atoms with van der Waals surface area (Å²) in [5.74, 6) is 1.15. The van der Waals surface area contributed by atoms with Crippen LogP contribution in [0.15, 0.2) is 89.3 Å². The first kappa shape index (κ1) is 38.0. The standard InChI is InChI=1S/C39H47Cl2N7O3/c1-5-51-34-22-35(39(2,3)4)43-25-33(34)37(45-24-28-6-10-31(40)11-7-28)48(26-30-8-12-32(41)13-9-30)38(50)47-20-18-46(19-21-47)27-36(49)44-23-29-14-16-42-17-15-29/h6,8-17,22,25,28H,5,7,18-21,23-24,26-27H2,1-4H3,(H,44,49). The van der Waals surface area contributed by atoms with Gasteiger partial charge in [0.1, 0.15) is 11.6 Å². The Hall–Kier alpha value is -4.25. The van der Waals surface area contributed by atoms with Crippen LogP contribution in [-0.4, -0.2) is 88.3 Å². The van der Waals surface area contributed by atoms with Crippen molar-refractivity contribution in [2.24, 2.45) is 10.9 Å². The highest BCUT2D eigenvalue weighted by Crippen LogP contribution is 2.30. The Balaban J connectivity index is 1.42. The molecule has 2 aliphatic rings. The van der Waals surface area contributed by atoms with E-state index in [0.717, 1.165) is 23.2 Å². The fraction of sp³-hybridized carbons (Fsp3) is 0.410. The molecule has 1 fully saturated rings. The lowest BCUT2D eigenvalue weighted by Gasteiger charge is -2.38. The van der Waals surface area contributed by atoms with Crippen molar-refractivity contribution in [1.29, 1.82) is 0 Å². The van der Waals surface area contributed by atoms with Gasteiger partial charge in [0.05, 0.1) is 25.3 Å². The van der Waals surface area contributed by atoms with Crippen LogP contribution in [0.4, 0.5) is 4.79 Å². The quantitative estimate of drug-likeness (QED) is 0.171. The van der Waals surface area contributed by atoms with Crippen molar-refractivity contribution in [2.75, 3.05) is 45.9 Å². The highest BCUT2D eigenvalue weighted by Gasteiger charge is 2.32. The number of piperazine rings is 1. The summed E-state index contributed by atoms with van der Waals surface area (Å²) < 4.78 is 6.22. The van der Waals surface area contributed by atoms with Crippen molar-refractivity contribution in [1.82, 2.24) is 30.0 Å². The summed E-state index contributed by atoms with van der Waals surface area (Å²) in [4.78, 5) is 47.1. The van der Waals surface area contributed by atoms with Crippen molar-refractivity contribution >= 4 is 41.0 Å². The molecule has 0 saturated carbocycles. The summed E-state index contributed by atoms with van der Waals surface area (Å²) in [6.07, 6.45) is 11.9. The molecule has 1 saturated heterocycles. The number of hydrogen-bond acceptors (Lipinski definition) is 7. The lowest BCUT2D eigenvalue weighted by atomic mass is 9.91. The molecule has 1 atom stereocenters. The fourth-order valence-electron chi connectivity index (χ4n) is 5.82. The van der Waals surface area contributed by atoms with E-state index in [1.165, 1.54) is 0 Å². The third-order valence-electron chi connectivity index (χ3n) is 8.78. The summed E-state index contributed by atoms with van der Waals surface area (Å²) in [5.41, 5.74) is 3.19. The predicted octanol–water partition coefficient (Wildman–Crippen LogP) is 6.83. The van der Waals surface area contributed by atoms with E-state index in [0.29, 0.717) is 73.1 Å². The zero-order chi connectivity index (χ0) is 36.4. The highest BCUT2D eigenvalue weighted by molar-refractivity contribution is 6.31. The van der Waals surface area contributed by atoms with E-state index in [2.05, 4.69) is 42.0 Å². The van der Waals surface area contributed by atoms with E-state index in [9.17, 15) is 9.59 Å². The van der Waals surface area contributed by atoms with E-state index < -0.39 is 0 Å². The summed E-state index contributed by atoms with van der Waals surface area (Å²) in [7, 11) is 0. The van der Waals surface area contributed by atoms with Gasteiger partial charge in [-0.3, -0.25) is 29.6 Å². The molecule has 0 bridgehead atoms. The van der Waals surface area contributed by atoms with Crippen LogP contribution in [0.3, 0.4) is 0 Å². The topological polar surface area (TPSA) is 103 Å². The van der Waals surface area contributed by atoms with Crippen LogP contribution in [0.5, 0.6) is 5.75 Å². The number of halogens is 2. The first-order valence-electron chi connectivity index (χ1n) is 17.4. The smallest absolute Gasteiger partial charge is 0.326 e. The van der Waals surface area contributed by atoms with E-state index >= 15 is 0 Å². The molecule has 270 valence electrons. The molecule has 3 heterocycles. The van der Waals surface area contributed by atoms with Crippen molar-refractivity contribution in [2.45, 2.75) is 52.6 Å². The number of ether oxygens (including phenoxy) is 1. The fourth-order valence-corrected chi connectivity index (χ4v) is 6.11. The van der Waals surface area contributed by atoms with Crippen molar-refractivity contribution < 1.29 is 14.3 Å². The molecule has 1 aromatic carbocycles. The minimum atomic E-state index is -0.214. The number of rotatable bonds is 11. The highest BCUT2D eigenvalue weighted by atomic mass is 35.5. The molecule has 12 heteroatoms. The van der Waals surface area contributed by atoms with Gasteiger partial charge >= 0.3 is 6.03 Å². The first-order chi connectivity index (χ1) is 24.5. The number of aromatic nitrogens is 2. The van der Waals surface area contributed by atoms with Gasteiger partial charge < -0.3 is 15.0 Å². The Morgan fingerprint density at radius 3 is 2.41 bits per heavy atom. The number of pyridine rings is 2. The van der Waals surface area contributed by atoms with Gasteiger partial charge in [0.2, 0.25) is 5.91 Å². The average molecular weight is 733 g/mol. The molecule has 3 amide bonds. The number of carbonyl (C=O) groups is 2. The minimum Gasteiger partial charge on any atom is -0.493 e. The minimum absolute atomic E-state index is 0.0621. The molecular weight excluding hydrogens is 685 g/mol. The van der Waals surface area contributed by atoms with E-state index in [-0.39, 0.29) is 36.4 Å². The van der Waals surface area contributed by atoms with Crippen LogP contribution in [-0.2, 0) is 23.3 Å². The van der Waals surface area contributed by atoms with Crippen LogP contribution in [0, 0.1) is 5.92 Å². The van der Waals surface area contributed by atoms with Gasteiger partial charge in [-0.05, 0) is 54.8 Å². The molecule has 51 heavy (non-hydrogen) atoms. The van der Waals surface area contributed by atoms with Crippen molar-refractivity contribution in [3.05, 3.63) is 112 Å². The molecule has 1 aliphatic heterocycles. The summed E-state index contributed by atoms with van der Waals surface area (Å²) in [6.45, 7) is 12.1. The van der Waals surface area contributed by atoms with Gasteiger partial charge in [-0.2, -0.15) is 0 Å². The molecule has 10 nitrogen and oxygen atoms in total. The number of benzene rings is 1. The van der Waals surface area contributed by atoms with Crippen LogP contribution in [0.25, 0.3) is 0 Å². The summed E-state index contributed by atoms with van der Waals surface area (Å²) in [5, 5.41) is 4.30. The Labute approximate surface area is 311 Å². The van der Waals surface area contributed by atoms with E-state index in [1.54, 1.807) is 23.5 Å². The van der Waals surface area contributed by atoms with Gasteiger partial charge in [0.25, 0.3) is 0 Å². The monoisotopic (exact) mass is 731 g/mol. The molecular formula is C39H47Cl2N7O3. The lowest BCUT2D eigenvalue weighted by Crippen LogP contribution is -2.55. The largest absolute Gasteiger partial charge is 0.493 e. The van der Waals surface area contributed by atoms with Gasteiger partial charge in [0.15, 0.2) is 0 Å². The number of urea groups is 1. The second-order valence-corrected chi connectivity index (χ2v) is 14.6. The molecule has 5 rings (SSSR count). The van der Waals surface area contributed by atoms with Crippen LogP contribution in [0.1, 0.15) is 56.5 Å². The predicted molar refractivity (Wildman–Crippen MR) is 203 cm³/mol. The van der Waals surface area contributed by atoms with E-state index in [4.69, 9.17) is 37.9 Å². The Bertz CT molecular complexity index is 1730. The molecule has 1 unspecified atom stereocenters. The maximum absolute atomic E-state index is 14.7. The SMILES string of the molecule is CCOc1cc(C(C)(C)C)ncc1C(=NCC1C=CC(Cl)=CC1)N(Cc1ccc(Cl)cc1)C(=O)N1CCN(CC(=O)NCc2ccncc2)CC1. The Kier molecular flexibility index (Phi) is 13.3. The molecule has 0 spiro atoms. The normalized spacial score (nSPS) is 16.8. The number of hydrogen-bond donors (Lipinski definition) is 1. The van der Waals surface area contributed by atoms with Crippen molar-refractivity contribution in [3.8, 4) is 5.75 Å². The third kappa shape index (κ3) is 10.9. The van der Waals surface area contributed by atoms with Gasteiger partial charge in [0, 0.05) is 91.0 Å². The summed E-state index contributed by atoms with van der Waals surface area (Å²) in [6, 6.07) is 13.0. The second-order valence-electron chi connectivity index (χ2n) is 13.7. The number of nitrogens with one attached hydrogen (secondary N) is 1. The number of amides is 3. The number of aliphatic imine (C=N–C) groups is 1. The van der Waals surface area contributed by atoms with Crippen LogP contribution >= 0.6 is 23.2 Å². The number of amidine groups is 1. The summed E-state index contributed by atoms with van der Waals surface area (Å²) >= 11 is 12.5. The van der Waals surface area contributed by atoms with Gasteiger partial charge in [-0.1, -0.05) is 68.3 Å². The van der Waals surface area contributed by atoms with Gasteiger partial charge in [-0.25, -0.2) is 4.79 Å². The molecule has 1 N–H and O–H groups in total. The van der Waals surface area contributed by atoms with Crippen LogP contribution < -0.4 is 10.1 Å². The molecule has 2 aromatic heterocycles. The first-order valence-corrected chi connectivity index (χ1v) is 18.2. The second kappa shape index (κ2) is 17.8. The van der Waals surface area contributed by atoms with E-state index in [1.807, 2.05) is 66.4 Å². The molecule has 1 aliphatic carbocycles. The number of nitrogens with zero attached hydrogens (tertiary/aromatic N) is 6. The number of carbonyl (C=O) groups excluding carboxylic acids is 2. The number of allylic oxidation sites excluding steroid dienone is 3. The van der Waals surface area contributed by atoms with Crippen LogP contribution in [0.2, 0.25) is 5.02 Å². The molecule has 3 aromatic rings. The average Bonchev–Trinajstić information content (AvgIpc) is 3.12. The zero-order valence-electron chi connectivity index (χ0n) is 29.8. The maximum Gasteiger partial charge on any atom is 0.326 e. The van der Waals surface area contributed by atoms with Gasteiger partial charge in [-0.15, -0.1) is 0 Å². The maximum atomic E-state index is 14.7. The Morgan fingerprint density at radius 1 is 1.04 bits per heavy atom. The zero-order valence-corrected chi connectivity index (χ0v) is 31.3.